The van der Waals surface area contributed by atoms with Gasteiger partial charge in [0.2, 0.25) is 0 Å². The number of halogens is 3. The molecule has 0 saturated heterocycles. The summed E-state index contributed by atoms with van der Waals surface area (Å²) in [7, 11) is 0. The number of hydrogen-bond donors (Lipinski definition) is 1. The maximum absolute atomic E-state index is 12.9. The van der Waals surface area contributed by atoms with Crippen LogP contribution in [0.5, 0.6) is 0 Å². The fourth-order valence-corrected chi connectivity index (χ4v) is 4.15. The Balaban J connectivity index is 1.57. The van der Waals surface area contributed by atoms with Gasteiger partial charge in [0.05, 0.1) is 36.3 Å². The first-order valence-electron chi connectivity index (χ1n) is 9.23. The maximum atomic E-state index is 12.9. The molecule has 3 aromatic rings. The highest BCUT2D eigenvalue weighted by atomic mass is 19.4. The van der Waals surface area contributed by atoms with Crippen LogP contribution in [0, 0.1) is 23.2 Å². The van der Waals surface area contributed by atoms with Gasteiger partial charge in [0.1, 0.15) is 12.0 Å². The summed E-state index contributed by atoms with van der Waals surface area (Å²) in [5.41, 5.74) is 2.24. The van der Waals surface area contributed by atoms with Gasteiger partial charge in [-0.15, -0.1) is 0 Å². The summed E-state index contributed by atoms with van der Waals surface area (Å²) in [5, 5.41) is 14.5. The van der Waals surface area contributed by atoms with E-state index in [-0.39, 0.29) is 31.2 Å². The predicted octanol–water partition coefficient (Wildman–Crippen LogP) is 4.64. The molecule has 0 aromatic carbocycles. The molecule has 1 aliphatic rings. The van der Waals surface area contributed by atoms with E-state index in [4.69, 9.17) is 0 Å². The number of aromatic nitrogens is 5. The summed E-state index contributed by atoms with van der Waals surface area (Å²) in [5.74, 6) is -1.23. The smallest absolute Gasteiger partial charge is 0.346 e. The molecule has 1 atom stereocenters. The zero-order valence-corrected chi connectivity index (χ0v) is 15.0. The number of nitrogens with one attached hydrogen (secondary N) is 1. The second kappa shape index (κ2) is 7.26. The third kappa shape index (κ3) is 3.46. The minimum atomic E-state index is -4.14. The van der Waals surface area contributed by atoms with Crippen molar-refractivity contribution in [2.24, 2.45) is 11.8 Å². The molecule has 6 nitrogen and oxygen atoms in total. The van der Waals surface area contributed by atoms with Crippen LogP contribution in [0.1, 0.15) is 38.1 Å². The van der Waals surface area contributed by atoms with Crippen LogP contribution in [-0.2, 0) is 0 Å². The van der Waals surface area contributed by atoms with E-state index in [0.29, 0.717) is 12.8 Å². The highest BCUT2D eigenvalue weighted by molar-refractivity contribution is 5.89. The molecule has 3 heterocycles. The summed E-state index contributed by atoms with van der Waals surface area (Å²) < 4.78 is 40.6. The van der Waals surface area contributed by atoms with Crippen molar-refractivity contribution in [1.29, 1.82) is 5.26 Å². The second-order valence-electron chi connectivity index (χ2n) is 7.25. The summed E-state index contributed by atoms with van der Waals surface area (Å²) in [6.45, 7) is 0. The first kappa shape index (κ1) is 18.5. The number of nitriles is 1. The molecule has 0 spiro atoms. The zero-order chi connectivity index (χ0) is 19.7. The van der Waals surface area contributed by atoms with Crippen LogP contribution in [0.4, 0.5) is 13.2 Å². The molecule has 1 aliphatic carbocycles. The second-order valence-corrected chi connectivity index (χ2v) is 7.25. The molecule has 1 fully saturated rings. The fraction of sp³-hybridized carbons (Fsp3) is 0.474. The van der Waals surface area contributed by atoms with Crippen LogP contribution >= 0.6 is 0 Å². The van der Waals surface area contributed by atoms with Gasteiger partial charge in [-0.1, -0.05) is 0 Å². The zero-order valence-electron chi connectivity index (χ0n) is 15.0. The molecule has 3 aromatic heterocycles. The number of fused-ring (bicyclic) bond motifs is 1. The Morgan fingerprint density at radius 3 is 2.75 bits per heavy atom. The summed E-state index contributed by atoms with van der Waals surface area (Å²) in [6, 6.07) is 3.81. The Morgan fingerprint density at radius 1 is 1.25 bits per heavy atom. The molecule has 0 aliphatic heterocycles. The Labute approximate surface area is 159 Å². The molecule has 146 valence electrons. The van der Waals surface area contributed by atoms with Crippen molar-refractivity contribution in [2.75, 3.05) is 0 Å². The van der Waals surface area contributed by atoms with Crippen molar-refractivity contribution in [3.63, 3.8) is 0 Å². The number of nitrogens with zero attached hydrogens (tertiary/aromatic N) is 5. The van der Waals surface area contributed by atoms with Crippen LogP contribution < -0.4 is 0 Å². The van der Waals surface area contributed by atoms with Crippen LogP contribution in [-0.4, -0.2) is 30.9 Å². The predicted molar refractivity (Wildman–Crippen MR) is 95.9 cm³/mol. The van der Waals surface area contributed by atoms with Crippen molar-refractivity contribution in [2.45, 2.75) is 44.3 Å². The Kier molecular flexibility index (Phi) is 4.79. The minimum absolute atomic E-state index is 0.00340. The van der Waals surface area contributed by atoms with E-state index in [1.165, 1.54) is 6.33 Å². The minimum Gasteiger partial charge on any atom is -0.346 e. The van der Waals surface area contributed by atoms with Crippen molar-refractivity contribution in [1.82, 2.24) is 24.7 Å². The third-order valence-electron chi connectivity index (χ3n) is 5.65. The number of rotatable bonds is 4. The first-order chi connectivity index (χ1) is 13.5. The molecule has 1 N–H and O–H groups in total. The maximum Gasteiger partial charge on any atom is 0.391 e. The molecule has 0 bridgehead atoms. The van der Waals surface area contributed by atoms with Gasteiger partial charge in [0.25, 0.3) is 0 Å². The van der Waals surface area contributed by atoms with Crippen molar-refractivity contribution >= 4 is 11.0 Å². The molecular formula is C19H19F3N6. The lowest BCUT2D eigenvalue weighted by atomic mass is 9.77. The number of aromatic amines is 1. The lowest BCUT2D eigenvalue weighted by Crippen LogP contribution is -2.31. The average molecular weight is 388 g/mol. The molecule has 9 heteroatoms. The van der Waals surface area contributed by atoms with Crippen molar-refractivity contribution in [3.05, 3.63) is 31.0 Å². The van der Waals surface area contributed by atoms with E-state index in [0.717, 1.165) is 22.3 Å². The van der Waals surface area contributed by atoms with Gasteiger partial charge in [-0.2, -0.15) is 23.5 Å². The molecule has 0 radical (unpaired) electrons. The van der Waals surface area contributed by atoms with E-state index >= 15 is 0 Å². The van der Waals surface area contributed by atoms with Gasteiger partial charge >= 0.3 is 6.18 Å². The number of hydrogen-bond acceptors (Lipinski definition) is 4. The average Bonchev–Trinajstić information content (AvgIpc) is 3.34. The Hall–Kier alpha value is -2.89. The topological polar surface area (TPSA) is 83.2 Å². The molecule has 4 rings (SSSR count). The summed E-state index contributed by atoms with van der Waals surface area (Å²) >= 11 is 0. The van der Waals surface area contributed by atoms with Crippen LogP contribution in [0.15, 0.2) is 31.0 Å². The van der Waals surface area contributed by atoms with E-state index in [1.807, 2.05) is 12.3 Å². The normalized spacial score (nSPS) is 21.5. The quantitative estimate of drug-likeness (QED) is 0.705. The van der Waals surface area contributed by atoms with E-state index < -0.39 is 12.1 Å². The van der Waals surface area contributed by atoms with Gasteiger partial charge < -0.3 is 4.98 Å². The van der Waals surface area contributed by atoms with Gasteiger partial charge in [0.15, 0.2) is 0 Å². The molecular weight excluding hydrogens is 369 g/mol. The Morgan fingerprint density at radius 2 is 2.04 bits per heavy atom. The van der Waals surface area contributed by atoms with Gasteiger partial charge in [-0.05, 0) is 37.7 Å². The standard InChI is InChI=1S/C19H19F3N6/c20-19(21,22)14-3-1-12(2-4-14)16(5-7-23)28-10-13(9-27-28)17-15-6-8-24-18(15)26-11-25-17/h6,8-12,14,16H,1-5H2,(H,24,25,26). The van der Waals surface area contributed by atoms with Crippen molar-refractivity contribution < 1.29 is 13.2 Å². The number of H-pyrrole nitrogens is 1. The van der Waals surface area contributed by atoms with E-state index in [1.54, 1.807) is 17.1 Å². The lowest BCUT2D eigenvalue weighted by molar-refractivity contribution is -0.184. The van der Waals surface area contributed by atoms with Crippen LogP contribution in [0.2, 0.25) is 0 Å². The van der Waals surface area contributed by atoms with Gasteiger partial charge in [-0.25, -0.2) is 9.97 Å². The van der Waals surface area contributed by atoms with Gasteiger partial charge in [0, 0.05) is 23.3 Å². The molecule has 1 saturated carbocycles. The number of alkyl halides is 3. The summed E-state index contributed by atoms with van der Waals surface area (Å²) in [4.78, 5) is 11.5. The third-order valence-corrected chi connectivity index (χ3v) is 5.65. The lowest BCUT2D eigenvalue weighted by Gasteiger charge is -2.33. The first-order valence-corrected chi connectivity index (χ1v) is 9.23. The van der Waals surface area contributed by atoms with Crippen LogP contribution in [0.3, 0.4) is 0 Å². The van der Waals surface area contributed by atoms with E-state index in [2.05, 4.69) is 26.1 Å². The highest BCUT2D eigenvalue weighted by Gasteiger charge is 2.42. The fourth-order valence-electron chi connectivity index (χ4n) is 4.15. The highest BCUT2D eigenvalue weighted by Crippen LogP contribution is 2.43. The van der Waals surface area contributed by atoms with E-state index in [9.17, 15) is 18.4 Å². The monoisotopic (exact) mass is 388 g/mol. The van der Waals surface area contributed by atoms with Gasteiger partial charge in [-0.3, -0.25) is 4.68 Å². The summed E-state index contributed by atoms with van der Waals surface area (Å²) in [6.07, 6.45) is 3.95. The Bertz CT molecular complexity index is 991. The molecule has 1 unspecified atom stereocenters. The van der Waals surface area contributed by atoms with Crippen molar-refractivity contribution in [3.8, 4) is 17.3 Å². The van der Waals surface area contributed by atoms with Crippen LogP contribution in [0.25, 0.3) is 22.3 Å². The molecule has 28 heavy (non-hydrogen) atoms. The molecule has 0 amide bonds. The SMILES string of the molecule is N#CCC(C1CCC(C(F)(F)F)CC1)n1cc(-c2ncnc3[nH]ccc23)cn1. The largest absolute Gasteiger partial charge is 0.391 e.